The third kappa shape index (κ3) is 3.61. The van der Waals surface area contributed by atoms with E-state index in [0.29, 0.717) is 0 Å². The molecule has 0 bridgehead atoms. The highest BCUT2D eigenvalue weighted by Gasteiger charge is 2.23. The largest absolute Gasteiger partial charge is 0.468 e. The van der Waals surface area contributed by atoms with Gasteiger partial charge in [-0.25, -0.2) is 0 Å². The van der Waals surface area contributed by atoms with Crippen molar-refractivity contribution in [2.75, 3.05) is 13.1 Å². The fraction of sp³-hybridized carbons (Fsp3) is 0.750. The highest BCUT2D eigenvalue weighted by Crippen LogP contribution is 2.24. The Morgan fingerprint density at radius 3 is 2.84 bits per heavy atom. The summed E-state index contributed by atoms with van der Waals surface area (Å²) in [5.74, 6) is 2.79. The molecule has 1 aromatic heterocycles. The van der Waals surface area contributed by atoms with Crippen LogP contribution in [0, 0.1) is 11.8 Å². The van der Waals surface area contributed by atoms with E-state index in [1.807, 2.05) is 6.26 Å². The Hall–Kier alpha value is -0.800. The average molecular weight is 262 g/mol. The Morgan fingerprint density at radius 2 is 2.11 bits per heavy atom. The number of likely N-dealkylation sites (tertiary alicyclic amines) is 1. The van der Waals surface area contributed by atoms with E-state index >= 15 is 0 Å². The molecule has 1 aliphatic carbocycles. The van der Waals surface area contributed by atoms with Crippen LogP contribution in [0.2, 0.25) is 0 Å². The van der Waals surface area contributed by atoms with Crippen LogP contribution in [0.5, 0.6) is 0 Å². The van der Waals surface area contributed by atoms with E-state index in [2.05, 4.69) is 30.1 Å². The van der Waals surface area contributed by atoms with Crippen molar-refractivity contribution in [2.24, 2.45) is 11.8 Å². The van der Waals surface area contributed by atoms with Crippen LogP contribution in [-0.4, -0.2) is 24.0 Å². The highest BCUT2D eigenvalue weighted by molar-refractivity contribution is 5.13. The summed E-state index contributed by atoms with van der Waals surface area (Å²) in [5, 5.41) is 3.53. The van der Waals surface area contributed by atoms with Gasteiger partial charge in [0.15, 0.2) is 0 Å². The Labute approximate surface area is 116 Å². The normalized spacial score (nSPS) is 28.7. The maximum atomic E-state index is 5.70. The monoisotopic (exact) mass is 262 g/mol. The number of hydrogen-bond acceptors (Lipinski definition) is 3. The van der Waals surface area contributed by atoms with Crippen LogP contribution in [-0.2, 0) is 13.1 Å². The zero-order chi connectivity index (χ0) is 13.2. The van der Waals surface area contributed by atoms with E-state index in [0.717, 1.165) is 36.7 Å². The van der Waals surface area contributed by atoms with Gasteiger partial charge in [-0.15, -0.1) is 0 Å². The van der Waals surface area contributed by atoms with Crippen LogP contribution in [0.3, 0.4) is 0 Å². The zero-order valence-electron chi connectivity index (χ0n) is 12.2. The predicted molar refractivity (Wildman–Crippen MR) is 76.8 cm³/mol. The first kappa shape index (κ1) is 13.2. The fourth-order valence-electron chi connectivity index (χ4n) is 2.86. The van der Waals surface area contributed by atoms with Crippen molar-refractivity contribution in [3.05, 3.63) is 23.7 Å². The van der Waals surface area contributed by atoms with Gasteiger partial charge in [0, 0.05) is 24.7 Å². The van der Waals surface area contributed by atoms with E-state index in [1.54, 1.807) is 0 Å². The molecule has 2 aliphatic rings. The molecule has 0 radical (unpaired) electrons. The van der Waals surface area contributed by atoms with E-state index in [1.165, 1.54) is 37.9 Å². The minimum absolute atomic E-state index is 0.766. The van der Waals surface area contributed by atoms with Crippen LogP contribution >= 0.6 is 0 Å². The number of nitrogens with zero attached hydrogens (tertiary/aromatic N) is 1. The van der Waals surface area contributed by atoms with Gasteiger partial charge in [0.1, 0.15) is 5.76 Å². The number of rotatable bonds is 5. The lowest BCUT2D eigenvalue weighted by molar-refractivity contribution is 0.124. The summed E-state index contributed by atoms with van der Waals surface area (Å²) in [6.45, 7) is 9.09. The molecule has 0 aromatic carbocycles. The second-order valence-corrected chi connectivity index (χ2v) is 6.55. The molecule has 3 heteroatoms. The first-order valence-corrected chi connectivity index (χ1v) is 7.72. The lowest BCUT2D eigenvalue weighted by Crippen LogP contribution is -2.37. The maximum absolute atomic E-state index is 5.70. The van der Waals surface area contributed by atoms with Crippen LogP contribution in [0.25, 0.3) is 0 Å². The second-order valence-electron chi connectivity index (χ2n) is 6.55. The molecule has 0 spiro atoms. The first-order valence-electron chi connectivity index (χ1n) is 7.72. The van der Waals surface area contributed by atoms with Crippen LogP contribution in [0.15, 0.2) is 16.7 Å². The van der Waals surface area contributed by atoms with Gasteiger partial charge in [0.2, 0.25) is 0 Å². The molecule has 19 heavy (non-hydrogen) atoms. The summed E-state index contributed by atoms with van der Waals surface area (Å²) in [6, 6.07) is 2.99. The van der Waals surface area contributed by atoms with Crippen molar-refractivity contribution >= 4 is 0 Å². The number of furan rings is 1. The third-order valence-corrected chi connectivity index (χ3v) is 4.68. The molecule has 1 saturated heterocycles. The van der Waals surface area contributed by atoms with Crippen LogP contribution in [0.1, 0.15) is 44.4 Å². The molecule has 2 unspecified atom stereocenters. The molecule has 1 aromatic rings. The topological polar surface area (TPSA) is 28.4 Å². The van der Waals surface area contributed by atoms with E-state index in [-0.39, 0.29) is 0 Å². The van der Waals surface area contributed by atoms with E-state index in [4.69, 9.17) is 4.42 Å². The summed E-state index contributed by atoms with van der Waals surface area (Å²) < 4.78 is 5.70. The van der Waals surface area contributed by atoms with Gasteiger partial charge >= 0.3 is 0 Å². The summed E-state index contributed by atoms with van der Waals surface area (Å²) in [7, 11) is 0. The molecule has 106 valence electrons. The molecule has 2 heterocycles. The lowest BCUT2D eigenvalue weighted by Gasteiger charge is -2.34. The smallest absolute Gasteiger partial charge is 0.118 e. The summed E-state index contributed by atoms with van der Waals surface area (Å²) >= 11 is 0. The zero-order valence-corrected chi connectivity index (χ0v) is 12.2. The number of hydrogen-bond donors (Lipinski definition) is 1. The fourth-order valence-corrected chi connectivity index (χ4v) is 2.86. The SMILES string of the molecule is CC1CCN(Cc2cc(CNC3CC3)co2)CC1C. The molecular weight excluding hydrogens is 236 g/mol. The van der Waals surface area contributed by atoms with Crippen molar-refractivity contribution in [3.8, 4) is 0 Å². The van der Waals surface area contributed by atoms with E-state index < -0.39 is 0 Å². The molecule has 3 rings (SSSR count). The molecule has 2 atom stereocenters. The molecule has 3 nitrogen and oxygen atoms in total. The average Bonchev–Trinajstić information content (AvgIpc) is 3.12. The van der Waals surface area contributed by atoms with Crippen molar-refractivity contribution in [1.29, 1.82) is 0 Å². The first-order chi connectivity index (χ1) is 9.20. The van der Waals surface area contributed by atoms with Crippen LogP contribution in [0.4, 0.5) is 0 Å². The van der Waals surface area contributed by atoms with Gasteiger partial charge in [-0.3, -0.25) is 4.90 Å². The van der Waals surface area contributed by atoms with Crippen molar-refractivity contribution in [1.82, 2.24) is 10.2 Å². The van der Waals surface area contributed by atoms with Gasteiger partial charge in [-0.05, 0) is 43.7 Å². The standard InChI is InChI=1S/C16H26N2O/c1-12-5-6-18(9-13(12)2)10-16-7-14(11-19-16)8-17-15-3-4-15/h7,11-13,15,17H,3-6,8-10H2,1-2H3. The Bertz CT molecular complexity index is 411. The second kappa shape index (κ2) is 5.68. The molecule has 1 N–H and O–H groups in total. The van der Waals surface area contributed by atoms with Crippen molar-refractivity contribution < 1.29 is 4.42 Å². The Kier molecular flexibility index (Phi) is 3.94. The molecule has 0 amide bonds. The van der Waals surface area contributed by atoms with Gasteiger partial charge in [-0.2, -0.15) is 0 Å². The maximum Gasteiger partial charge on any atom is 0.118 e. The quantitative estimate of drug-likeness (QED) is 0.884. The molecular formula is C16H26N2O. The minimum atomic E-state index is 0.766. The summed E-state index contributed by atoms with van der Waals surface area (Å²) in [4.78, 5) is 2.53. The number of nitrogens with one attached hydrogen (secondary N) is 1. The van der Waals surface area contributed by atoms with Crippen LogP contribution < -0.4 is 5.32 Å². The Balaban J connectivity index is 1.48. The molecule has 1 saturated carbocycles. The Morgan fingerprint density at radius 1 is 1.26 bits per heavy atom. The lowest BCUT2D eigenvalue weighted by atomic mass is 9.89. The van der Waals surface area contributed by atoms with Crippen molar-refractivity contribution in [2.45, 2.75) is 52.2 Å². The summed E-state index contributed by atoms with van der Waals surface area (Å²) in [6.07, 6.45) is 5.92. The van der Waals surface area contributed by atoms with Gasteiger partial charge in [0.25, 0.3) is 0 Å². The molecule has 1 aliphatic heterocycles. The molecule has 2 fully saturated rings. The van der Waals surface area contributed by atoms with Gasteiger partial charge in [0.05, 0.1) is 12.8 Å². The van der Waals surface area contributed by atoms with E-state index in [9.17, 15) is 0 Å². The number of piperidine rings is 1. The summed E-state index contributed by atoms with van der Waals surface area (Å²) in [5.41, 5.74) is 1.29. The minimum Gasteiger partial charge on any atom is -0.468 e. The van der Waals surface area contributed by atoms with Gasteiger partial charge < -0.3 is 9.73 Å². The van der Waals surface area contributed by atoms with Crippen molar-refractivity contribution in [3.63, 3.8) is 0 Å². The highest BCUT2D eigenvalue weighted by atomic mass is 16.3. The van der Waals surface area contributed by atoms with Gasteiger partial charge in [-0.1, -0.05) is 13.8 Å². The predicted octanol–water partition coefficient (Wildman–Crippen LogP) is 3.01. The third-order valence-electron chi connectivity index (χ3n) is 4.68.